The van der Waals surface area contributed by atoms with Crippen molar-refractivity contribution in [2.45, 2.75) is 19.4 Å². The van der Waals surface area contributed by atoms with Crippen LogP contribution in [0.4, 0.5) is 5.69 Å². The van der Waals surface area contributed by atoms with Crippen LogP contribution in [-0.2, 0) is 4.79 Å². The second kappa shape index (κ2) is 4.53. The zero-order valence-corrected chi connectivity index (χ0v) is 9.31. The molecule has 1 aliphatic heterocycles. The molecule has 0 bridgehead atoms. The van der Waals surface area contributed by atoms with Gasteiger partial charge in [-0.1, -0.05) is 12.1 Å². The van der Waals surface area contributed by atoms with Gasteiger partial charge in [-0.3, -0.25) is 4.79 Å². The first-order valence-corrected chi connectivity index (χ1v) is 5.53. The number of rotatable bonds is 1. The van der Waals surface area contributed by atoms with Crippen LogP contribution in [0.25, 0.3) is 0 Å². The summed E-state index contributed by atoms with van der Waals surface area (Å²) in [5.74, 6) is 0.170. The van der Waals surface area contributed by atoms with Crippen LogP contribution in [0.3, 0.4) is 0 Å². The van der Waals surface area contributed by atoms with Crippen molar-refractivity contribution in [2.24, 2.45) is 0 Å². The molecule has 4 heteroatoms. The lowest BCUT2D eigenvalue weighted by molar-refractivity contribution is -0.119. The summed E-state index contributed by atoms with van der Waals surface area (Å²) in [5.41, 5.74) is 0.600. The smallest absolute Gasteiger partial charge is 0.243 e. The quantitative estimate of drug-likeness (QED) is 0.745. The van der Waals surface area contributed by atoms with E-state index >= 15 is 0 Å². The monoisotopic (exact) mass is 220 g/mol. The number of phenolic OH excluding ortho intramolecular Hbond substituents is 1. The second-order valence-corrected chi connectivity index (χ2v) is 4.01. The molecular weight excluding hydrogens is 204 g/mol. The summed E-state index contributed by atoms with van der Waals surface area (Å²) in [5, 5.41) is 12.9. The molecule has 1 aliphatic rings. The fourth-order valence-corrected chi connectivity index (χ4v) is 1.92. The highest BCUT2D eigenvalue weighted by Crippen LogP contribution is 2.27. The highest BCUT2D eigenvalue weighted by Gasteiger charge is 2.25. The molecule has 2 N–H and O–H groups in total. The number of amides is 1. The number of para-hydroxylation sites is 2. The van der Waals surface area contributed by atoms with E-state index in [1.165, 1.54) is 0 Å². The molecule has 0 aromatic heterocycles. The van der Waals surface area contributed by atoms with Crippen molar-refractivity contribution < 1.29 is 9.90 Å². The molecule has 1 saturated heterocycles. The van der Waals surface area contributed by atoms with Crippen molar-refractivity contribution in [3.8, 4) is 5.75 Å². The van der Waals surface area contributed by atoms with Crippen LogP contribution in [0.5, 0.6) is 5.75 Å². The SMILES string of the molecule is CC1NCCCN(c2ccccc2O)C1=O. The topological polar surface area (TPSA) is 52.6 Å². The van der Waals surface area contributed by atoms with Crippen molar-refractivity contribution in [3.05, 3.63) is 24.3 Å². The van der Waals surface area contributed by atoms with E-state index in [2.05, 4.69) is 5.32 Å². The maximum atomic E-state index is 12.1. The Balaban J connectivity index is 2.31. The molecule has 1 atom stereocenters. The molecule has 1 heterocycles. The van der Waals surface area contributed by atoms with Crippen LogP contribution in [0.1, 0.15) is 13.3 Å². The van der Waals surface area contributed by atoms with Crippen LogP contribution in [0.2, 0.25) is 0 Å². The number of nitrogens with one attached hydrogen (secondary N) is 1. The van der Waals surface area contributed by atoms with Gasteiger partial charge in [0.2, 0.25) is 5.91 Å². The van der Waals surface area contributed by atoms with Gasteiger partial charge in [0, 0.05) is 6.54 Å². The fraction of sp³-hybridized carbons (Fsp3) is 0.417. The van der Waals surface area contributed by atoms with Gasteiger partial charge in [-0.05, 0) is 32.0 Å². The van der Waals surface area contributed by atoms with Gasteiger partial charge in [-0.15, -0.1) is 0 Å². The lowest BCUT2D eigenvalue weighted by Crippen LogP contribution is -2.41. The molecule has 1 amide bonds. The Hall–Kier alpha value is -1.55. The van der Waals surface area contributed by atoms with Crippen LogP contribution >= 0.6 is 0 Å². The highest BCUT2D eigenvalue weighted by molar-refractivity contribution is 5.98. The number of carbonyl (C=O) groups is 1. The van der Waals surface area contributed by atoms with Crippen LogP contribution < -0.4 is 10.2 Å². The summed E-state index contributed by atoms with van der Waals surface area (Å²) in [6.07, 6.45) is 0.893. The number of phenols is 1. The first-order chi connectivity index (χ1) is 7.70. The van der Waals surface area contributed by atoms with E-state index in [0.29, 0.717) is 12.2 Å². The molecule has 0 spiro atoms. The summed E-state index contributed by atoms with van der Waals surface area (Å²) in [7, 11) is 0. The number of anilines is 1. The standard InChI is InChI=1S/C12H16N2O2/c1-9-12(16)14(8-4-7-13-9)10-5-2-3-6-11(10)15/h2-3,5-6,9,13,15H,4,7-8H2,1H3. The third-order valence-corrected chi connectivity index (χ3v) is 2.82. The predicted octanol–water partition coefficient (Wildman–Crippen LogP) is 1.11. The maximum Gasteiger partial charge on any atom is 0.243 e. The minimum atomic E-state index is -0.192. The highest BCUT2D eigenvalue weighted by atomic mass is 16.3. The van der Waals surface area contributed by atoms with Crippen molar-refractivity contribution in [1.29, 1.82) is 0 Å². The summed E-state index contributed by atoms with van der Waals surface area (Å²) in [4.78, 5) is 13.7. The van der Waals surface area contributed by atoms with Crippen molar-refractivity contribution >= 4 is 11.6 Å². The van der Waals surface area contributed by atoms with E-state index in [-0.39, 0.29) is 17.7 Å². The minimum absolute atomic E-state index is 0.0130. The fourth-order valence-electron chi connectivity index (χ4n) is 1.92. The van der Waals surface area contributed by atoms with Crippen molar-refractivity contribution in [1.82, 2.24) is 5.32 Å². The molecule has 2 rings (SSSR count). The second-order valence-electron chi connectivity index (χ2n) is 4.01. The Kier molecular flexibility index (Phi) is 3.10. The summed E-state index contributed by atoms with van der Waals surface area (Å²) >= 11 is 0. The summed E-state index contributed by atoms with van der Waals surface area (Å²) in [6, 6.07) is 6.76. The van der Waals surface area contributed by atoms with Gasteiger partial charge in [-0.25, -0.2) is 0 Å². The first kappa shape index (κ1) is 11.0. The predicted molar refractivity (Wildman–Crippen MR) is 62.5 cm³/mol. The average Bonchev–Trinajstić information content (AvgIpc) is 2.44. The van der Waals surface area contributed by atoms with E-state index in [1.54, 1.807) is 23.1 Å². The Morgan fingerprint density at radius 3 is 2.94 bits per heavy atom. The lowest BCUT2D eigenvalue weighted by Gasteiger charge is -2.23. The lowest BCUT2D eigenvalue weighted by atomic mass is 10.2. The average molecular weight is 220 g/mol. The Morgan fingerprint density at radius 1 is 1.44 bits per heavy atom. The van der Waals surface area contributed by atoms with E-state index in [9.17, 15) is 9.90 Å². The Labute approximate surface area is 94.9 Å². The summed E-state index contributed by atoms with van der Waals surface area (Å²) < 4.78 is 0. The minimum Gasteiger partial charge on any atom is -0.506 e. The third kappa shape index (κ3) is 2.02. The normalized spacial score (nSPS) is 21.9. The maximum absolute atomic E-state index is 12.1. The number of benzene rings is 1. The van der Waals surface area contributed by atoms with Crippen LogP contribution in [0, 0.1) is 0 Å². The number of hydrogen-bond acceptors (Lipinski definition) is 3. The van der Waals surface area contributed by atoms with Gasteiger partial charge in [-0.2, -0.15) is 0 Å². The molecule has 1 unspecified atom stereocenters. The third-order valence-electron chi connectivity index (χ3n) is 2.82. The van der Waals surface area contributed by atoms with E-state index < -0.39 is 0 Å². The van der Waals surface area contributed by atoms with Gasteiger partial charge in [0.1, 0.15) is 5.75 Å². The molecule has 0 radical (unpaired) electrons. The van der Waals surface area contributed by atoms with E-state index in [0.717, 1.165) is 13.0 Å². The molecule has 1 aromatic carbocycles. The summed E-state index contributed by atoms with van der Waals surface area (Å²) in [6.45, 7) is 3.32. The number of hydrogen-bond donors (Lipinski definition) is 2. The molecule has 0 aliphatic carbocycles. The first-order valence-electron chi connectivity index (χ1n) is 5.53. The number of carbonyl (C=O) groups excluding carboxylic acids is 1. The van der Waals surface area contributed by atoms with Crippen LogP contribution in [-0.4, -0.2) is 30.1 Å². The Bertz CT molecular complexity index is 392. The number of nitrogens with zero attached hydrogens (tertiary/aromatic N) is 1. The van der Waals surface area contributed by atoms with Gasteiger partial charge in [0.15, 0.2) is 0 Å². The van der Waals surface area contributed by atoms with E-state index in [4.69, 9.17) is 0 Å². The van der Waals surface area contributed by atoms with Crippen molar-refractivity contribution in [3.63, 3.8) is 0 Å². The largest absolute Gasteiger partial charge is 0.506 e. The molecule has 4 nitrogen and oxygen atoms in total. The van der Waals surface area contributed by atoms with Crippen LogP contribution in [0.15, 0.2) is 24.3 Å². The van der Waals surface area contributed by atoms with Gasteiger partial charge < -0.3 is 15.3 Å². The zero-order chi connectivity index (χ0) is 11.5. The van der Waals surface area contributed by atoms with Gasteiger partial charge >= 0.3 is 0 Å². The molecule has 0 saturated carbocycles. The van der Waals surface area contributed by atoms with Gasteiger partial charge in [0.25, 0.3) is 0 Å². The van der Waals surface area contributed by atoms with Gasteiger partial charge in [0.05, 0.1) is 11.7 Å². The molecule has 1 fully saturated rings. The molecule has 86 valence electrons. The number of aromatic hydroxyl groups is 1. The van der Waals surface area contributed by atoms with Crippen molar-refractivity contribution in [2.75, 3.05) is 18.0 Å². The molecular formula is C12H16N2O2. The molecule has 16 heavy (non-hydrogen) atoms. The van der Waals surface area contributed by atoms with E-state index in [1.807, 2.05) is 13.0 Å². The Morgan fingerprint density at radius 2 is 2.19 bits per heavy atom. The molecule has 1 aromatic rings. The zero-order valence-electron chi connectivity index (χ0n) is 9.31.